The monoisotopic (exact) mass is 634 g/mol. The molecule has 1 N–H and O–H groups in total. The Bertz CT molecular complexity index is 1890. The second-order valence-corrected chi connectivity index (χ2v) is 14.4. The first-order valence-corrected chi connectivity index (χ1v) is 15.9. The predicted octanol–water partition coefficient (Wildman–Crippen LogP) is 5.75. The van der Waals surface area contributed by atoms with Crippen LogP contribution in [0.2, 0.25) is 0 Å². The zero-order valence-corrected chi connectivity index (χ0v) is 28.2. The Labute approximate surface area is 276 Å². The van der Waals surface area contributed by atoms with Crippen LogP contribution >= 0.6 is 0 Å². The first-order valence-electron chi connectivity index (χ1n) is 15.9. The summed E-state index contributed by atoms with van der Waals surface area (Å²) < 4.78 is 31.0. The van der Waals surface area contributed by atoms with Gasteiger partial charge in [-0.25, -0.2) is 9.59 Å². The molecule has 0 amide bonds. The highest BCUT2D eigenvalue weighted by Gasteiger charge is 2.52. The summed E-state index contributed by atoms with van der Waals surface area (Å²) in [6.07, 6.45) is 3.09. The fourth-order valence-electron chi connectivity index (χ4n) is 5.79. The molecule has 10 heteroatoms. The number of carbonyl (C=O) groups is 1. The minimum atomic E-state index is -1.01. The Balaban J connectivity index is 1.41. The van der Waals surface area contributed by atoms with E-state index >= 15 is 0 Å². The van der Waals surface area contributed by atoms with Gasteiger partial charge < -0.3 is 28.1 Å². The summed E-state index contributed by atoms with van der Waals surface area (Å²) in [5.41, 5.74) is 3.35. The highest BCUT2D eigenvalue weighted by atomic mass is 16.7. The molecule has 2 aliphatic rings. The Hall–Kier alpha value is -3.95. The normalized spacial score (nSPS) is 19.6. The van der Waals surface area contributed by atoms with Crippen molar-refractivity contribution in [3.05, 3.63) is 99.9 Å². The summed E-state index contributed by atoms with van der Waals surface area (Å²) in [6.45, 7) is 16.1. The molecule has 2 aliphatic heterocycles. The molecule has 2 saturated heterocycles. The van der Waals surface area contributed by atoms with Crippen molar-refractivity contribution in [3.8, 4) is 11.1 Å². The van der Waals surface area contributed by atoms with Gasteiger partial charge >= 0.3 is 25.8 Å². The molecule has 1 aromatic heterocycles. The van der Waals surface area contributed by atoms with Crippen LogP contribution in [0.4, 0.5) is 0 Å². The molecule has 3 aromatic carbocycles. The zero-order valence-electron chi connectivity index (χ0n) is 28.2. The molecular weight excluding hydrogens is 594 g/mol. The lowest BCUT2D eigenvalue weighted by Gasteiger charge is -2.32. The third-order valence-corrected chi connectivity index (χ3v) is 10.1. The summed E-state index contributed by atoms with van der Waals surface area (Å²) >= 11 is 0. The van der Waals surface area contributed by atoms with E-state index in [1.807, 2.05) is 122 Å². The van der Waals surface area contributed by atoms with Crippen LogP contribution in [0.15, 0.2) is 82.0 Å². The number of carboxylic acids is 1. The minimum absolute atomic E-state index is 0.440. The number of hydrogen-bond acceptors (Lipinski definition) is 7. The standard InChI is InChI=1S/C37H40B2O8/c1-34(2)35(3,4)45-38(44-34)26-16-14-25(15-17-26)32-29(21-24-11-9-23(10-12-24)13-20-31(40)41)28-19-18-27(22-30(28)43-33(32)42)39-46-36(5,6)37(7,8)47-39/h9-20,22H,21H2,1-8H3,(H,40,41)/b20-13+. The SMILES string of the molecule is CC1(C)OB(c2ccc(-c3c(Cc4ccc(/C=C/C(=O)O)cc4)c4ccc(B5OC(C)(C)C(C)(C)O5)cc4oc3=O)cc2)OC1(C)C. The largest absolute Gasteiger partial charge is 0.494 e. The predicted molar refractivity (Wildman–Crippen MR) is 185 cm³/mol. The van der Waals surface area contributed by atoms with Crippen molar-refractivity contribution < 1.29 is 32.9 Å². The lowest BCUT2D eigenvalue weighted by atomic mass is 9.78. The minimum Gasteiger partial charge on any atom is -0.478 e. The highest BCUT2D eigenvalue weighted by molar-refractivity contribution is 6.62. The van der Waals surface area contributed by atoms with Crippen LogP contribution in [-0.2, 0) is 29.8 Å². The van der Waals surface area contributed by atoms with E-state index in [1.54, 1.807) is 6.08 Å². The van der Waals surface area contributed by atoms with Gasteiger partial charge in [0.15, 0.2) is 0 Å². The molecule has 0 spiro atoms. The molecule has 6 rings (SSSR count). The van der Waals surface area contributed by atoms with Gasteiger partial charge in [0.1, 0.15) is 5.58 Å². The summed E-state index contributed by atoms with van der Waals surface area (Å²) in [7, 11) is -1.13. The Morgan fingerprint density at radius 1 is 0.723 bits per heavy atom. The third kappa shape index (κ3) is 6.23. The van der Waals surface area contributed by atoms with Gasteiger partial charge in [-0.1, -0.05) is 60.7 Å². The number of aliphatic carboxylic acids is 1. The van der Waals surface area contributed by atoms with E-state index in [0.29, 0.717) is 23.1 Å². The van der Waals surface area contributed by atoms with Crippen LogP contribution in [0.3, 0.4) is 0 Å². The van der Waals surface area contributed by atoms with E-state index in [1.165, 1.54) is 0 Å². The Kier molecular flexibility index (Phi) is 8.16. The van der Waals surface area contributed by atoms with Gasteiger partial charge in [-0.2, -0.15) is 0 Å². The molecule has 3 heterocycles. The molecule has 242 valence electrons. The van der Waals surface area contributed by atoms with Crippen LogP contribution in [-0.4, -0.2) is 47.7 Å². The molecule has 0 unspecified atom stereocenters. The number of fused-ring (bicyclic) bond motifs is 1. The van der Waals surface area contributed by atoms with E-state index < -0.39 is 48.2 Å². The number of benzene rings is 3. The lowest BCUT2D eigenvalue weighted by molar-refractivity contribution is -0.131. The van der Waals surface area contributed by atoms with Crippen molar-refractivity contribution in [2.45, 2.75) is 84.2 Å². The van der Waals surface area contributed by atoms with Crippen molar-refractivity contribution in [1.29, 1.82) is 0 Å². The molecule has 4 aromatic rings. The van der Waals surface area contributed by atoms with Crippen LogP contribution in [0.1, 0.15) is 72.1 Å². The molecule has 0 bridgehead atoms. The fourth-order valence-corrected chi connectivity index (χ4v) is 5.79. The van der Waals surface area contributed by atoms with Gasteiger partial charge in [0, 0.05) is 11.5 Å². The zero-order chi connectivity index (χ0) is 33.9. The maximum absolute atomic E-state index is 13.9. The maximum atomic E-state index is 13.9. The number of hydrogen-bond donors (Lipinski definition) is 1. The summed E-state index contributed by atoms with van der Waals surface area (Å²) in [5.74, 6) is -1.01. The van der Waals surface area contributed by atoms with Crippen molar-refractivity contribution in [3.63, 3.8) is 0 Å². The lowest BCUT2D eigenvalue weighted by Crippen LogP contribution is -2.41. The number of rotatable bonds is 7. The topological polar surface area (TPSA) is 104 Å². The van der Waals surface area contributed by atoms with Gasteiger partial charge in [0.2, 0.25) is 0 Å². The quantitative estimate of drug-likeness (QED) is 0.156. The van der Waals surface area contributed by atoms with Crippen LogP contribution < -0.4 is 16.6 Å². The molecule has 0 radical (unpaired) electrons. The second kappa shape index (κ2) is 11.6. The maximum Gasteiger partial charge on any atom is 0.494 e. The van der Waals surface area contributed by atoms with Crippen molar-refractivity contribution in [1.82, 2.24) is 0 Å². The molecular formula is C37H40B2O8. The molecule has 47 heavy (non-hydrogen) atoms. The average molecular weight is 634 g/mol. The second-order valence-electron chi connectivity index (χ2n) is 14.4. The summed E-state index contributed by atoms with van der Waals surface area (Å²) in [6, 6.07) is 21.0. The first kappa shape index (κ1) is 33.0. The van der Waals surface area contributed by atoms with Crippen LogP contribution in [0.5, 0.6) is 0 Å². The van der Waals surface area contributed by atoms with E-state index in [2.05, 4.69) is 0 Å². The van der Waals surface area contributed by atoms with E-state index in [9.17, 15) is 9.59 Å². The molecule has 0 aliphatic carbocycles. The number of carboxylic acid groups (broad SMARTS) is 1. The molecule has 2 fully saturated rings. The van der Waals surface area contributed by atoms with Gasteiger partial charge in [-0.15, -0.1) is 0 Å². The summed E-state index contributed by atoms with van der Waals surface area (Å²) in [5, 5.41) is 9.80. The fraction of sp³-hybridized carbons (Fsp3) is 0.351. The van der Waals surface area contributed by atoms with E-state index in [-0.39, 0.29) is 0 Å². The van der Waals surface area contributed by atoms with Crippen molar-refractivity contribution in [2.24, 2.45) is 0 Å². The first-order chi connectivity index (χ1) is 22.0. The van der Waals surface area contributed by atoms with Gasteiger partial charge in [-0.05, 0) is 107 Å². The smallest absolute Gasteiger partial charge is 0.478 e. The molecule has 0 atom stereocenters. The van der Waals surface area contributed by atoms with Crippen LogP contribution in [0.25, 0.3) is 28.2 Å². The van der Waals surface area contributed by atoms with Crippen molar-refractivity contribution >= 4 is 48.2 Å². The third-order valence-electron chi connectivity index (χ3n) is 10.1. The van der Waals surface area contributed by atoms with E-state index in [0.717, 1.165) is 39.1 Å². The van der Waals surface area contributed by atoms with Crippen LogP contribution in [0, 0.1) is 0 Å². The van der Waals surface area contributed by atoms with E-state index in [4.69, 9.17) is 28.1 Å². The average Bonchev–Trinajstić information content (AvgIpc) is 3.36. The van der Waals surface area contributed by atoms with Gasteiger partial charge in [-0.3, -0.25) is 0 Å². The summed E-state index contributed by atoms with van der Waals surface area (Å²) in [4.78, 5) is 24.8. The Morgan fingerprint density at radius 3 is 1.77 bits per heavy atom. The van der Waals surface area contributed by atoms with Gasteiger partial charge in [0.25, 0.3) is 0 Å². The molecule has 8 nitrogen and oxygen atoms in total. The Morgan fingerprint density at radius 2 is 1.23 bits per heavy atom. The van der Waals surface area contributed by atoms with Gasteiger partial charge in [0.05, 0.1) is 28.0 Å². The highest BCUT2D eigenvalue weighted by Crippen LogP contribution is 2.38. The molecule has 0 saturated carbocycles. The van der Waals surface area contributed by atoms with Crippen molar-refractivity contribution in [2.75, 3.05) is 0 Å².